The largest absolute Gasteiger partial charge is 0.467 e. The third kappa shape index (κ3) is 4.32. The van der Waals surface area contributed by atoms with E-state index in [2.05, 4.69) is 9.72 Å². The highest BCUT2D eigenvalue weighted by atomic mass is 19.4. The van der Waals surface area contributed by atoms with Gasteiger partial charge in [0.1, 0.15) is 5.56 Å². The van der Waals surface area contributed by atoms with Gasteiger partial charge >= 0.3 is 6.18 Å². The van der Waals surface area contributed by atoms with Crippen molar-refractivity contribution in [1.82, 2.24) is 9.88 Å². The van der Waals surface area contributed by atoms with Crippen LogP contribution in [-0.4, -0.2) is 54.4 Å². The predicted octanol–water partition coefficient (Wildman–Crippen LogP) is 1.88. The molecule has 2 heterocycles. The maximum absolute atomic E-state index is 12.4. The van der Waals surface area contributed by atoms with E-state index < -0.39 is 18.7 Å². The molecular formula is C13H15F3N2O3. The van der Waals surface area contributed by atoms with Crippen LogP contribution in [0.3, 0.4) is 0 Å². The summed E-state index contributed by atoms with van der Waals surface area (Å²) in [6.45, 7) is 1.50. The van der Waals surface area contributed by atoms with Crippen LogP contribution in [0, 0.1) is 0 Å². The number of carbonyl (C=O) groups excluding carboxylic acids is 1. The van der Waals surface area contributed by atoms with Gasteiger partial charge in [0.15, 0.2) is 6.61 Å². The van der Waals surface area contributed by atoms with E-state index in [1.54, 1.807) is 0 Å². The fourth-order valence-corrected chi connectivity index (χ4v) is 1.99. The molecule has 1 fully saturated rings. The van der Waals surface area contributed by atoms with Crippen LogP contribution in [0.15, 0.2) is 18.3 Å². The van der Waals surface area contributed by atoms with Crippen LogP contribution in [0.25, 0.3) is 0 Å². The summed E-state index contributed by atoms with van der Waals surface area (Å²) in [7, 11) is 0. The zero-order valence-corrected chi connectivity index (χ0v) is 11.4. The molecule has 1 saturated heterocycles. The number of rotatable bonds is 3. The summed E-state index contributed by atoms with van der Waals surface area (Å²) in [5.41, 5.74) is 0.0239. The standard InChI is InChI=1S/C13H15F3N2O3/c1-9-7-18(5-6-20-9)12(19)10-3-2-4-17-11(10)21-8-13(14,15)16/h2-4,9H,5-8H2,1H3/t9-/m1/s1. The Bertz CT molecular complexity index is 508. The highest BCUT2D eigenvalue weighted by molar-refractivity contribution is 5.96. The molecule has 1 aromatic heterocycles. The number of hydrogen-bond donors (Lipinski definition) is 0. The fraction of sp³-hybridized carbons (Fsp3) is 0.538. The van der Waals surface area contributed by atoms with Gasteiger partial charge in [0.25, 0.3) is 5.91 Å². The number of pyridine rings is 1. The Morgan fingerprint density at radius 1 is 1.57 bits per heavy atom. The monoisotopic (exact) mass is 304 g/mol. The first-order valence-corrected chi connectivity index (χ1v) is 6.42. The lowest BCUT2D eigenvalue weighted by Crippen LogP contribution is -2.44. The van der Waals surface area contributed by atoms with Gasteiger partial charge in [0, 0.05) is 19.3 Å². The van der Waals surface area contributed by atoms with Crippen LogP contribution in [0.1, 0.15) is 17.3 Å². The Hall–Kier alpha value is -1.83. The summed E-state index contributed by atoms with van der Waals surface area (Å²) in [6, 6.07) is 2.89. The predicted molar refractivity (Wildman–Crippen MR) is 67.1 cm³/mol. The van der Waals surface area contributed by atoms with E-state index in [1.807, 2.05) is 6.92 Å². The van der Waals surface area contributed by atoms with E-state index in [1.165, 1.54) is 23.2 Å². The zero-order chi connectivity index (χ0) is 15.5. The van der Waals surface area contributed by atoms with E-state index >= 15 is 0 Å². The molecule has 2 rings (SSSR count). The van der Waals surface area contributed by atoms with Gasteiger partial charge in [-0.3, -0.25) is 4.79 Å². The second-order valence-corrected chi connectivity index (χ2v) is 4.69. The van der Waals surface area contributed by atoms with Crippen LogP contribution in [0.5, 0.6) is 5.88 Å². The van der Waals surface area contributed by atoms with Crippen LogP contribution in [0.2, 0.25) is 0 Å². The maximum atomic E-state index is 12.4. The van der Waals surface area contributed by atoms with Crippen LogP contribution in [-0.2, 0) is 4.74 Å². The number of hydrogen-bond acceptors (Lipinski definition) is 4. The summed E-state index contributed by atoms with van der Waals surface area (Å²) in [4.78, 5) is 17.6. The molecule has 0 spiro atoms. The lowest BCUT2D eigenvalue weighted by atomic mass is 10.2. The quantitative estimate of drug-likeness (QED) is 0.855. The minimum absolute atomic E-state index is 0.0239. The van der Waals surface area contributed by atoms with Gasteiger partial charge < -0.3 is 14.4 Å². The number of amides is 1. The van der Waals surface area contributed by atoms with Crippen LogP contribution >= 0.6 is 0 Å². The van der Waals surface area contributed by atoms with E-state index in [0.717, 1.165) is 0 Å². The minimum Gasteiger partial charge on any atom is -0.467 e. The molecule has 8 heteroatoms. The average molecular weight is 304 g/mol. The number of alkyl halides is 3. The van der Waals surface area contributed by atoms with Gasteiger partial charge in [-0.25, -0.2) is 4.98 Å². The normalized spacial score (nSPS) is 19.4. The first-order chi connectivity index (χ1) is 9.87. The average Bonchev–Trinajstić information content (AvgIpc) is 2.44. The van der Waals surface area contributed by atoms with Crippen LogP contribution < -0.4 is 4.74 Å². The molecule has 0 radical (unpaired) electrons. The molecule has 21 heavy (non-hydrogen) atoms. The van der Waals surface area contributed by atoms with Crippen molar-refractivity contribution in [2.24, 2.45) is 0 Å². The first kappa shape index (κ1) is 15.6. The molecule has 1 atom stereocenters. The lowest BCUT2D eigenvalue weighted by Gasteiger charge is -2.31. The SMILES string of the molecule is C[C@@H]1CN(C(=O)c2cccnc2OCC(F)(F)F)CCO1. The van der Waals surface area contributed by atoms with Gasteiger partial charge in [-0.2, -0.15) is 13.2 Å². The topological polar surface area (TPSA) is 51.7 Å². The molecule has 1 amide bonds. The van der Waals surface area contributed by atoms with Gasteiger partial charge in [-0.15, -0.1) is 0 Å². The third-order valence-electron chi connectivity index (χ3n) is 2.90. The maximum Gasteiger partial charge on any atom is 0.422 e. The molecule has 0 aliphatic carbocycles. The Morgan fingerprint density at radius 3 is 3.00 bits per heavy atom. The number of aromatic nitrogens is 1. The summed E-state index contributed by atoms with van der Waals surface area (Å²) in [5, 5.41) is 0. The molecule has 0 bridgehead atoms. The second kappa shape index (κ2) is 6.30. The van der Waals surface area contributed by atoms with Crippen molar-refractivity contribution < 1.29 is 27.4 Å². The Balaban J connectivity index is 2.13. The van der Waals surface area contributed by atoms with Gasteiger partial charge in [-0.05, 0) is 19.1 Å². The Morgan fingerprint density at radius 2 is 2.33 bits per heavy atom. The second-order valence-electron chi connectivity index (χ2n) is 4.69. The molecule has 0 N–H and O–H groups in total. The number of ether oxygens (including phenoxy) is 2. The van der Waals surface area contributed by atoms with Crippen molar-refractivity contribution in [3.63, 3.8) is 0 Å². The van der Waals surface area contributed by atoms with Crippen LogP contribution in [0.4, 0.5) is 13.2 Å². The fourth-order valence-electron chi connectivity index (χ4n) is 1.99. The van der Waals surface area contributed by atoms with E-state index in [-0.39, 0.29) is 17.5 Å². The first-order valence-electron chi connectivity index (χ1n) is 6.42. The molecule has 0 unspecified atom stereocenters. The number of halogens is 3. The van der Waals surface area contributed by atoms with Crippen molar-refractivity contribution in [1.29, 1.82) is 0 Å². The number of morpholine rings is 1. The number of carbonyl (C=O) groups is 1. The highest BCUT2D eigenvalue weighted by Crippen LogP contribution is 2.22. The van der Waals surface area contributed by atoms with Crippen molar-refractivity contribution >= 4 is 5.91 Å². The van der Waals surface area contributed by atoms with Gasteiger partial charge in [0.2, 0.25) is 5.88 Å². The molecule has 1 aromatic rings. The van der Waals surface area contributed by atoms with Crippen molar-refractivity contribution in [3.8, 4) is 5.88 Å². The van der Waals surface area contributed by atoms with E-state index in [9.17, 15) is 18.0 Å². The Labute approximate surface area is 119 Å². The summed E-state index contributed by atoms with van der Waals surface area (Å²) >= 11 is 0. The molecule has 1 aliphatic heterocycles. The molecule has 0 aromatic carbocycles. The lowest BCUT2D eigenvalue weighted by molar-refractivity contribution is -0.154. The van der Waals surface area contributed by atoms with Crippen molar-refractivity contribution in [2.45, 2.75) is 19.2 Å². The third-order valence-corrected chi connectivity index (χ3v) is 2.90. The molecular weight excluding hydrogens is 289 g/mol. The zero-order valence-electron chi connectivity index (χ0n) is 11.4. The van der Waals surface area contributed by atoms with Crippen molar-refractivity contribution in [3.05, 3.63) is 23.9 Å². The summed E-state index contributed by atoms with van der Waals surface area (Å²) in [5.74, 6) is -0.714. The molecule has 1 aliphatic rings. The smallest absolute Gasteiger partial charge is 0.422 e. The molecule has 5 nitrogen and oxygen atoms in total. The van der Waals surface area contributed by atoms with E-state index in [0.29, 0.717) is 19.7 Å². The van der Waals surface area contributed by atoms with E-state index in [4.69, 9.17) is 4.74 Å². The highest BCUT2D eigenvalue weighted by Gasteiger charge is 2.30. The summed E-state index contributed by atoms with van der Waals surface area (Å²) < 4.78 is 46.6. The summed E-state index contributed by atoms with van der Waals surface area (Å²) in [6.07, 6.45) is -3.31. The van der Waals surface area contributed by atoms with Crippen molar-refractivity contribution in [2.75, 3.05) is 26.3 Å². The van der Waals surface area contributed by atoms with Gasteiger partial charge in [0.05, 0.1) is 12.7 Å². The van der Waals surface area contributed by atoms with Gasteiger partial charge in [-0.1, -0.05) is 0 Å². The molecule has 116 valence electrons. The number of nitrogens with zero attached hydrogens (tertiary/aromatic N) is 2. The minimum atomic E-state index is -4.48. The molecule has 0 saturated carbocycles. The Kier molecular flexibility index (Phi) is 4.66.